The highest BCUT2D eigenvalue weighted by molar-refractivity contribution is 5.91. The lowest BCUT2D eigenvalue weighted by molar-refractivity contribution is -0.115. The van der Waals surface area contributed by atoms with Gasteiger partial charge in [0.05, 0.1) is 17.7 Å². The van der Waals surface area contributed by atoms with Crippen molar-refractivity contribution in [1.29, 1.82) is 0 Å². The molecule has 3 heterocycles. The van der Waals surface area contributed by atoms with Crippen LogP contribution in [0.3, 0.4) is 0 Å². The number of carbonyl (C=O) groups is 1. The van der Waals surface area contributed by atoms with Gasteiger partial charge in [0.2, 0.25) is 11.8 Å². The van der Waals surface area contributed by atoms with Gasteiger partial charge in [-0.15, -0.1) is 0 Å². The van der Waals surface area contributed by atoms with Crippen LogP contribution in [0.25, 0.3) is 22.4 Å². The molecule has 0 saturated carbocycles. The van der Waals surface area contributed by atoms with Gasteiger partial charge < -0.3 is 10.1 Å². The zero-order valence-corrected chi connectivity index (χ0v) is 16.6. The van der Waals surface area contributed by atoms with Gasteiger partial charge in [0.15, 0.2) is 0 Å². The van der Waals surface area contributed by atoms with Gasteiger partial charge in [-0.05, 0) is 55.8 Å². The number of nitrogens with zero attached hydrogens (tertiary/aromatic N) is 3. The average molecular weight is 394 g/mol. The number of carbonyl (C=O) groups excluding carboxylic acids is 1. The first-order valence-electron chi connectivity index (χ1n) is 9.77. The molecule has 3 aromatic rings. The minimum absolute atomic E-state index is 0.0510. The highest BCUT2D eigenvalue weighted by Gasteiger charge is 2.30. The Morgan fingerprint density at radius 1 is 1.24 bits per heavy atom. The van der Waals surface area contributed by atoms with E-state index in [0.29, 0.717) is 23.8 Å². The number of aromatic nitrogens is 3. The predicted octanol–water partition coefficient (Wildman–Crippen LogP) is 4.83. The van der Waals surface area contributed by atoms with Crippen LogP contribution < -0.4 is 10.1 Å². The van der Waals surface area contributed by atoms with Gasteiger partial charge in [-0.3, -0.25) is 4.79 Å². The number of nitrogens with one attached hydrogen (secondary N) is 1. The molecule has 1 N–H and O–H groups in total. The van der Waals surface area contributed by atoms with Gasteiger partial charge in [-0.1, -0.05) is 6.92 Å². The maximum absolute atomic E-state index is 13.5. The number of fused-ring (bicyclic) bond motifs is 1. The number of ether oxygens (including phenoxy) is 1. The SMILES string of the molecule is CCC(=O)Nc1cc(-c2c(-c3ccc(F)cc3)nn3c2O[C@H](C)C[C@@H]3C)ccn1. The van der Waals surface area contributed by atoms with E-state index in [2.05, 4.69) is 17.2 Å². The Morgan fingerprint density at radius 3 is 2.72 bits per heavy atom. The second-order valence-electron chi connectivity index (χ2n) is 7.32. The molecule has 0 saturated heterocycles. The highest BCUT2D eigenvalue weighted by Crippen LogP contribution is 2.44. The molecule has 0 radical (unpaired) electrons. The quantitative estimate of drug-likeness (QED) is 0.688. The van der Waals surface area contributed by atoms with Crippen molar-refractivity contribution in [3.8, 4) is 28.3 Å². The minimum Gasteiger partial charge on any atom is -0.474 e. The van der Waals surface area contributed by atoms with Gasteiger partial charge in [-0.25, -0.2) is 14.1 Å². The lowest BCUT2D eigenvalue weighted by Crippen LogP contribution is -2.26. The summed E-state index contributed by atoms with van der Waals surface area (Å²) in [5, 5.41) is 7.60. The molecule has 0 fully saturated rings. The van der Waals surface area contributed by atoms with Crippen LogP contribution in [-0.2, 0) is 4.79 Å². The molecule has 0 aliphatic carbocycles. The minimum atomic E-state index is -0.300. The smallest absolute Gasteiger partial charge is 0.225 e. The topological polar surface area (TPSA) is 69.0 Å². The summed E-state index contributed by atoms with van der Waals surface area (Å²) in [6.45, 7) is 5.93. The summed E-state index contributed by atoms with van der Waals surface area (Å²) < 4.78 is 21.5. The summed E-state index contributed by atoms with van der Waals surface area (Å²) in [6, 6.07) is 10.1. The fourth-order valence-corrected chi connectivity index (χ4v) is 3.61. The molecule has 7 heteroatoms. The Morgan fingerprint density at radius 2 is 2.00 bits per heavy atom. The second-order valence-corrected chi connectivity index (χ2v) is 7.32. The summed E-state index contributed by atoms with van der Waals surface area (Å²) in [5.74, 6) is 0.737. The van der Waals surface area contributed by atoms with E-state index < -0.39 is 0 Å². The van der Waals surface area contributed by atoms with Crippen LogP contribution in [0.4, 0.5) is 10.2 Å². The van der Waals surface area contributed by atoms with E-state index >= 15 is 0 Å². The van der Waals surface area contributed by atoms with E-state index in [4.69, 9.17) is 9.84 Å². The van der Waals surface area contributed by atoms with Crippen molar-refractivity contribution in [2.24, 2.45) is 0 Å². The van der Waals surface area contributed by atoms with Crippen LogP contribution >= 0.6 is 0 Å². The van der Waals surface area contributed by atoms with Gasteiger partial charge >= 0.3 is 0 Å². The molecule has 6 nitrogen and oxygen atoms in total. The molecule has 29 heavy (non-hydrogen) atoms. The second kappa shape index (κ2) is 7.66. The molecule has 0 unspecified atom stereocenters. The van der Waals surface area contributed by atoms with E-state index in [1.165, 1.54) is 12.1 Å². The van der Waals surface area contributed by atoms with Gasteiger partial charge in [0.25, 0.3) is 0 Å². The Bertz CT molecular complexity index is 1050. The molecule has 1 amide bonds. The number of hydrogen-bond donors (Lipinski definition) is 1. The Labute approximate surface area is 168 Å². The van der Waals surface area contributed by atoms with Crippen molar-refractivity contribution in [2.75, 3.05) is 5.32 Å². The van der Waals surface area contributed by atoms with Crippen LogP contribution in [0.15, 0.2) is 42.6 Å². The monoisotopic (exact) mass is 394 g/mol. The highest BCUT2D eigenvalue weighted by atomic mass is 19.1. The predicted molar refractivity (Wildman–Crippen MR) is 109 cm³/mol. The molecule has 0 bridgehead atoms. The molecule has 4 rings (SSSR count). The van der Waals surface area contributed by atoms with E-state index in [1.807, 2.05) is 23.7 Å². The average Bonchev–Trinajstić information content (AvgIpc) is 3.08. The molecule has 1 aliphatic rings. The molecule has 1 aromatic carbocycles. The van der Waals surface area contributed by atoms with Crippen molar-refractivity contribution in [2.45, 2.75) is 45.8 Å². The first-order valence-corrected chi connectivity index (χ1v) is 9.77. The third-order valence-electron chi connectivity index (χ3n) is 5.02. The van der Waals surface area contributed by atoms with Gasteiger partial charge in [0.1, 0.15) is 17.3 Å². The van der Waals surface area contributed by atoms with E-state index in [0.717, 1.165) is 23.1 Å². The summed E-state index contributed by atoms with van der Waals surface area (Å²) in [6.07, 6.45) is 2.92. The zero-order valence-electron chi connectivity index (χ0n) is 16.6. The number of rotatable bonds is 4. The van der Waals surface area contributed by atoms with Crippen molar-refractivity contribution in [3.05, 3.63) is 48.4 Å². The molecule has 2 atom stereocenters. The van der Waals surface area contributed by atoms with Crippen LogP contribution in [0, 0.1) is 5.82 Å². The van der Waals surface area contributed by atoms with Gasteiger partial charge in [-0.2, -0.15) is 5.10 Å². The summed E-state index contributed by atoms with van der Waals surface area (Å²) in [5.41, 5.74) is 3.14. The number of anilines is 1. The van der Waals surface area contributed by atoms with Gasteiger partial charge in [0, 0.05) is 24.6 Å². The fourth-order valence-electron chi connectivity index (χ4n) is 3.61. The Kier molecular flexibility index (Phi) is 5.05. The van der Waals surface area contributed by atoms with Crippen molar-refractivity contribution in [3.63, 3.8) is 0 Å². The van der Waals surface area contributed by atoms with Crippen molar-refractivity contribution < 1.29 is 13.9 Å². The number of hydrogen-bond acceptors (Lipinski definition) is 4. The van der Waals surface area contributed by atoms with Crippen LogP contribution in [-0.4, -0.2) is 26.8 Å². The number of amides is 1. The molecule has 0 spiro atoms. The third kappa shape index (κ3) is 3.72. The molecular weight excluding hydrogens is 371 g/mol. The normalized spacial score (nSPS) is 18.1. The first kappa shape index (κ1) is 19.1. The summed E-state index contributed by atoms with van der Waals surface area (Å²) in [7, 11) is 0. The standard InChI is InChI=1S/C22H23FN4O2/c1-4-19(28)25-18-12-16(9-10-24-18)20-21(15-5-7-17(23)8-6-15)26-27-13(2)11-14(3)29-22(20)27/h5-10,12-14H,4,11H2,1-3H3,(H,24,25,28)/t13-,14+/m0/s1. The third-order valence-corrected chi connectivity index (χ3v) is 5.02. The van der Waals surface area contributed by atoms with Crippen molar-refractivity contribution in [1.82, 2.24) is 14.8 Å². The van der Waals surface area contributed by atoms with E-state index in [9.17, 15) is 9.18 Å². The van der Waals surface area contributed by atoms with E-state index in [1.54, 1.807) is 25.3 Å². The number of benzene rings is 1. The lowest BCUT2D eigenvalue weighted by Gasteiger charge is -2.27. The maximum Gasteiger partial charge on any atom is 0.225 e. The summed E-state index contributed by atoms with van der Waals surface area (Å²) in [4.78, 5) is 16.0. The lowest BCUT2D eigenvalue weighted by atomic mass is 10.0. The molecule has 1 aliphatic heterocycles. The van der Waals surface area contributed by atoms with Crippen molar-refractivity contribution >= 4 is 11.7 Å². The van der Waals surface area contributed by atoms with E-state index in [-0.39, 0.29) is 23.9 Å². The first-order chi connectivity index (χ1) is 14.0. The largest absolute Gasteiger partial charge is 0.474 e. The number of pyridine rings is 1. The Hall–Kier alpha value is -3.22. The Balaban J connectivity index is 1.88. The van der Waals surface area contributed by atoms with Crippen LogP contribution in [0.5, 0.6) is 5.88 Å². The molecule has 2 aromatic heterocycles. The molecule has 150 valence electrons. The fraction of sp³-hybridized carbons (Fsp3) is 0.318. The molecular formula is C22H23FN4O2. The maximum atomic E-state index is 13.5. The number of halogens is 1. The summed E-state index contributed by atoms with van der Waals surface area (Å²) >= 11 is 0. The zero-order chi connectivity index (χ0) is 20.5. The van der Waals surface area contributed by atoms with Crippen LogP contribution in [0.2, 0.25) is 0 Å². The van der Waals surface area contributed by atoms with Crippen LogP contribution in [0.1, 0.15) is 39.7 Å².